The second-order valence-corrected chi connectivity index (χ2v) is 6.42. The SMILES string of the molecule is O=C(Nc1cccc2[nH]c(=O)c(C(=O)Nc3ccccc3)cc12)c1ccccc1. The number of benzene rings is 3. The molecule has 0 fully saturated rings. The van der Waals surface area contributed by atoms with Crippen LogP contribution in [-0.2, 0) is 0 Å². The van der Waals surface area contributed by atoms with Crippen LogP contribution < -0.4 is 16.2 Å². The minimum Gasteiger partial charge on any atom is -0.322 e. The Labute approximate surface area is 166 Å². The molecule has 0 atom stereocenters. The Kier molecular flexibility index (Phi) is 4.90. The number of anilines is 2. The predicted molar refractivity (Wildman–Crippen MR) is 113 cm³/mol. The molecule has 0 aliphatic heterocycles. The molecule has 1 heterocycles. The number of hydrogen-bond acceptors (Lipinski definition) is 3. The molecule has 0 radical (unpaired) electrons. The first-order valence-corrected chi connectivity index (χ1v) is 9.01. The van der Waals surface area contributed by atoms with Crippen molar-refractivity contribution in [3.63, 3.8) is 0 Å². The lowest BCUT2D eigenvalue weighted by molar-refractivity contribution is 0.101. The molecule has 142 valence electrons. The molecule has 6 nitrogen and oxygen atoms in total. The van der Waals surface area contributed by atoms with E-state index in [0.29, 0.717) is 27.8 Å². The van der Waals surface area contributed by atoms with Gasteiger partial charge in [0.2, 0.25) is 0 Å². The zero-order valence-corrected chi connectivity index (χ0v) is 15.3. The number of pyridine rings is 1. The van der Waals surface area contributed by atoms with E-state index in [1.54, 1.807) is 66.7 Å². The summed E-state index contributed by atoms with van der Waals surface area (Å²) >= 11 is 0. The Morgan fingerprint density at radius 3 is 2.14 bits per heavy atom. The van der Waals surface area contributed by atoms with E-state index in [4.69, 9.17) is 0 Å². The van der Waals surface area contributed by atoms with Crippen LogP contribution in [0.15, 0.2) is 89.7 Å². The minimum atomic E-state index is -0.525. The van der Waals surface area contributed by atoms with Gasteiger partial charge in [0.15, 0.2) is 0 Å². The summed E-state index contributed by atoms with van der Waals surface area (Å²) in [6.07, 6.45) is 0. The van der Waals surface area contributed by atoms with Crippen LogP contribution in [0.3, 0.4) is 0 Å². The number of carbonyl (C=O) groups excluding carboxylic acids is 2. The van der Waals surface area contributed by atoms with E-state index < -0.39 is 11.5 Å². The zero-order valence-electron chi connectivity index (χ0n) is 15.3. The molecular formula is C23H17N3O3. The summed E-state index contributed by atoms with van der Waals surface area (Å²) in [6.45, 7) is 0. The number of carbonyl (C=O) groups is 2. The summed E-state index contributed by atoms with van der Waals surface area (Å²) in [5.41, 5.74) is 1.58. The first-order chi connectivity index (χ1) is 14.1. The molecule has 6 heteroatoms. The van der Waals surface area contributed by atoms with Crippen molar-refractivity contribution in [2.75, 3.05) is 10.6 Å². The minimum absolute atomic E-state index is 0.0391. The van der Waals surface area contributed by atoms with E-state index in [2.05, 4.69) is 15.6 Å². The van der Waals surface area contributed by atoms with Gasteiger partial charge < -0.3 is 15.6 Å². The third-order valence-electron chi connectivity index (χ3n) is 4.45. The van der Waals surface area contributed by atoms with E-state index >= 15 is 0 Å². The highest BCUT2D eigenvalue weighted by molar-refractivity contribution is 6.11. The predicted octanol–water partition coefficient (Wildman–Crippen LogP) is 4.03. The topological polar surface area (TPSA) is 91.1 Å². The van der Waals surface area contributed by atoms with Crippen LogP contribution >= 0.6 is 0 Å². The number of hydrogen-bond donors (Lipinski definition) is 3. The normalized spacial score (nSPS) is 10.5. The molecule has 0 bridgehead atoms. The van der Waals surface area contributed by atoms with Crippen LogP contribution in [0.1, 0.15) is 20.7 Å². The fourth-order valence-corrected chi connectivity index (χ4v) is 3.01. The number of H-pyrrole nitrogens is 1. The molecule has 0 saturated carbocycles. The summed E-state index contributed by atoms with van der Waals surface area (Å²) in [5.74, 6) is -0.803. The third-order valence-corrected chi connectivity index (χ3v) is 4.45. The van der Waals surface area contributed by atoms with Gasteiger partial charge in [-0.3, -0.25) is 14.4 Å². The average molecular weight is 383 g/mol. The van der Waals surface area contributed by atoms with Gasteiger partial charge in [-0.25, -0.2) is 0 Å². The number of amides is 2. The van der Waals surface area contributed by atoms with Gasteiger partial charge in [0.05, 0.1) is 11.2 Å². The average Bonchev–Trinajstić information content (AvgIpc) is 2.74. The van der Waals surface area contributed by atoms with Gasteiger partial charge >= 0.3 is 0 Å². The van der Waals surface area contributed by atoms with Crippen molar-refractivity contribution in [1.82, 2.24) is 4.98 Å². The van der Waals surface area contributed by atoms with Gasteiger partial charge in [0.25, 0.3) is 17.4 Å². The molecule has 0 unspecified atom stereocenters. The van der Waals surface area contributed by atoms with Crippen molar-refractivity contribution in [2.45, 2.75) is 0 Å². The second kappa shape index (κ2) is 7.82. The van der Waals surface area contributed by atoms with Crippen LogP contribution in [0.25, 0.3) is 10.9 Å². The largest absolute Gasteiger partial charge is 0.322 e. The molecule has 0 saturated heterocycles. The van der Waals surface area contributed by atoms with Crippen LogP contribution in [0.2, 0.25) is 0 Å². The Hall–Kier alpha value is -4.19. The van der Waals surface area contributed by atoms with Gasteiger partial charge in [-0.1, -0.05) is 42.5 Å². The van der Waals surface area contributed by atoms with Gasteiger partial charge in [0.1, 0.15) is 5.56 Å². The Bertz CT molecular complexity index is 1250. The number of fused-ring (bicyclic) bond motifs is 1. The van der Waals surface area contributed by atoms with Gasteiger partial charge in [-0.05, 0) is 42.5 Å². The molecule has 0 spiro atoms. The van der Waals surface area contributed by atoms with E-state index in [1.807, 2.05) is 12.1 Å². The zero-order chi connectivity index (χ0) is 20.2. The summed E-state index contributed by atoms with van der Waals surface area (Å²) in [6, 6.07) is 24.3. The number of aromatic nitrogens is 1. The lowest BCUT2D eigenvalue weighted by atomic mass is 10.1. The molecule has 2 amide bonds. The molecule has 3 aromatic carbocycles. The van der Waals surface area contributed by atoms with Crippen LogP contribution in [0.4, 0.5) is 11.4 Å². The fourth-order valence-electron chi connectivity index (χ4n) is 3.01. The summed E-state index contributed by atoms with van der Waals surface area (Å²) in [4.78, 5) is 40.3. The number of para-hydroxylation sites is 1. The Balaban J connectivity index is 1.70. The summed E-state index contributed by atoms with van der Waals surface area (Å²) in [5, 5.41) is 6.11. The van der Waals surface area contributed by atoms with Crippen LogP contribution in [0, 0.1) is 0 Å². The highest BCUT2D eigenvalue weighted by atomic mass is 16.2. The molecule has 3 N–H and O–H groups in total. The summed E-state index contributed by atoms with van der Waals surface area (Å²) < 4.78 is 0. The van der Waals surface area contributed by atoms with Crippen LogP contribution in [-0.4, -0.2) is 16.8 Å². The lowest BCUT2D eigenvalue weighted by Gasteiger charge is -2.10. The van der Waals surface area contributed by atoms with Crippen molar-refractivity contribution in [3.8, 4) is 0 Å². The van der Waals surface area contributed by atoms with Gasteiger partial charge in [-0.2, -0.15) is 0 Å². The Morgan fingerprint density at radius 1 is 0.724 bits per heavy atom. The van der Waals surface area contributed by atoms with Crippen molar-refractivity contribution in [1.29, 1.82) is 0 Å². The van der Waals surface area contributed by atoms with E-state index in [1.165, 1.54) is 6.07 Å². The molecule has 0 aliphatic rings. The quantitative estimate of drug-likeness (QED) is 0.497. The molecule has 0 aliphatic carbocycles. The summed E-state index contributed by atoms with van der Waals surface area (Å²) in [7, 11) is 0. The molecule has 4 rings (SSSR count). The molecule has 29 heavy (non-hydrogen) atoms. The highest BCUT2D eigenvalue weighted by Crippen LogP contribution is 2.23. The smallest absolute Gasteiger partial charge is 0.261 e. The highest BCUT2D eigenvalue weighted by Gasteiger charge is 2.15. The maximum atomic E-state index is 12.6. The monoisotopic (exact) mass is 383 g/mol. The fraction of sp³-hybridized carbons (Fsp3) is 0. The van der Waals surface area contributed by atoms with Crippen molar-refractivity contribution < 1.29 is 9.59 Å². The lowest BCUT2D eigenvalue weighted by Crippen LogP contribution is -2.23. The molecule has 1 aromatic heterocycles. The van der Waals surface area contributed by atoms with Crippen LogP contribution in [0.5, 0.6) is 0 Å². The Morgan fingerprint density at radius 2 is 1.41 bits per heavy atom. The number of nitrogens with one attached hydrogen (secondary N) is 3. The van der Waals surface area contributed by atoms with E-state index in [0.717, 1.165) is 0 Å². The van der Waals surface area contributed by atoms with Crippen molar-refractivity contribution >= 4 is 34.1 Å². The second-order valence-electron chi connectivity index (χ2n) is 6.42. The first kappa shape index (κ1) is 18.2. The number of rotatable bonds is 4. The molecule has 4 aromatic rings. The van der Waals surface area contributed by atoms with Crippen molar-refractivity contribution in [3.05, 3.63) is 106 Å². The first-order valence-electron chi connectivity index (χ1n) is 9.01. The van der Waals surface area contributed by atoms with Crippen molar-refractivity contribution in [2.24, 2.45) is 0 Å². The standard InChI is InChI=1S/C23H17N3O3/c27-21(15-8-3-1-4-9-15)25-19-12-7-13-20-17(19)14-18(23(29)26-20)22(28)24-16-10-5-2-6-11-16/h1-14H,(H,24,28)(H,25,27)(H,26,29). The van der Waals surface area contributed by atoms with Gasteiger partial charge in [-0.15, -0.1) is 0 Å². The molecular weight excluding hydrogens is 366 g/mol. The maximum Gasteiger partial charge on any atom is 0.261 e. The van der Waals surface area contributed by atoms with Gasteiger partial charge in [0, 0.05) is 16.6 Å². The van der Waals surface area contributed by atoms with E-state index in [-0.39, 0.29) is 11.5 Å². The maximum absolute atomic E-state index is 12.6. The third kappa shape index (κ3) is 3.91. The van der Waals surface area contributed by atoms with E-state index in [9.17, 15) is 14.4 Å². The number of aromatic amines is 1.